The summed E-state index contributed by atoms with van der Waals surface area (Å²) in [5, 5.41) is 6.65. The molecule has 0 saturated carbocycles. The number of rotatable bonds is 4. The van der Waals surface area contributed by atoms with Crippen LogP contribution in [0.3, 0.4) is 0 Å². The fourth-order valence-electron chi connectivity index (χ4n) is 3.31. The molecule has 1 aromatic heterocycles. The summed E-state index contributed by atoms with van der Waals surface area (Å²) in [5.41, 5.74) is 0. The van der Waals surface area contributed by atoms with Crippen LogP contribution in [0.25, 0.3) is 0 Å². The van der Waals surface area contributed by atoms with E-state index in [4.69, 9.17) is 0 Å². The van der Waals surface area contributed by atoms with Crippen molar-refractivity contribution in [2.75, 3.05) is 7.05 Å². The molecular formula is C14H23Cl2N3OS. The molecule has 1 N–H and O–H groups in total. The van der Waals surface area contributed by atoms with Gasteiger partial charge >= 0.3 is 0 Å². The molecule has 2 bridgehead atoms. The molecule has 4 nitrogen and oxygen atoms in total. The molecule has 1 amide bonds. The zero-order chi connectivity index (χ0) is 13.2. The van der Waals surface area contributed by atoms with Gasteiger partial charge in [-0.1, -0.05) is 0 Å². The van der Waals surface area contributed by atoms with E-state index in [1.165, 1.54) is 12.8 Å². The van der Waals surface area contributed by atoms with Gasteiger partial charge in [-0.3, -0.25) is 4.79 Å². The molecule has 1 aromatic rings. The summed E-state index contributed by atoms with van der Waals surface area (Å²) in [6.07, 6.45) is 7.97. The summed E-state index contributed by atoms with van der Waals surface area (Å²) in [4.78, 5) is 18.5. The molecule has 2 fully saturated rings. The number of nitrogens with one attached hydrogen (secondary N) is 1. The molecule has 120 valence electrons. The van der Waals surface area contributed by atoms with Crippen LogP contribution in [0.2, 0.25) is 0 Å². The van der Waals surface area contributed by atoms with Crippen LogP contribution >= 0.6 is 36.2 Å². The first-order valence-corrected chi connectivity index (χ1v) is 8.00. The maximum absolute atomic E-state index is 12.3. The van der Waals surface area contributed by atoms with E-state index >= 15 is 0 Å². The fraction of sp³-hybridized carbons (Fsp3) is 0.714. The molecule has 2 saturated heterocycles. The second kappa shape index (κ2) is 8.32. The van der Waals surface area contributed by atoms with Crippen LogP contribution in [-0.2, 0) is 11.2 Å². The smallest absolute Gasteiger partial charge is 0.222 e. The average Bonchev–Trinajstić information content (AvgIpc) is 3.05. The van der Waals surface area contributed by atoms with Gasteiger partial charge in [0.2, 0.25) is 5.91 Å². The van der Waals surface area contributed by atoms with Crippen molar-refractivity contribution in [1.29, 1.82) is 0 Å². The van der Waals surface area contributed by atoms with Crippen LogP contribution in [-0.4, -0.2) is 41.0 Å². The van der Waals surface area contributed by atoms with E-state index in [0.717, 1.165) is 24.3 Å². The van der Waals surface area contributed by atoms with E-state index in [2.05, 4.69) is 10.3 Å². The lowest BCUT2D eigenvalue weighted by Crippen LogP contribution is -2.48. The van der Waals surface area contributed by atoms with E-state index in [0.29, 0.717) is 24.5 Å². The van der Waals surface area contributed by atoms with Crippen LogP contribution in [0.5, 0.6) is 0 Å². The molecule has 21 heavy (non-hydrogen) atoms. The SMILES string of the molecule is CN(C(=O)CCc1nccs1)C1CC2CCC(C1)N2.Cl.Cl. The topological polar surface area (TPSA) is 45.2 Å². The molecule has 2 aliphatic heterocycles. The third kappa shape index (κ3) is 4.55. The van der Waals surface area contributed by atoms with Crippen LogP contribution in [0.4, 0.5) is 0 Å². The number of fused-ring (bicyclic) bond motifs is 2. The van der Waals surface area contributed by atoms with Gasteiger partial charge in [-0.05, 0) is 25.7 Å². The van der Waals surface area contributed by atoms with Crippen molar-refractivity contribution < 1.29 is 4.79 Å². The Morgan fingerprint density at radius 1 is 1.38 bits per heavy atom. The molecule has 3 heterocycles. The first kappa shape index (κ1) is 18.7. The van der Waals surface area contributed by atoms with Gasteiger partial charge in [0.05, 0.1) is 5.01 Å². The van der Waals surface area contributed by atoms with Crippen LogP contribution in [0.1, 0.15) is 37.1 Å². The molecule has 3 rings (SSSR count). The highest BCUT2D eigenvalue weighted by atomic mass is 35.5. The molecule has 2 atom stereocenters. The van der Waals surface area contributed by atoms with Crippen molar-refractivity contribution in [1.82, 2.24) is 15.2 Å². The Morgan fingerprint density at radius 3 is 2.62 bits per heavy atom. The minimum Gasteiger partial charge on any atom is -0.343 e. The second-order valence-electron chi connectivity index (χ2n) is 5.69. The number of nitrogens with zero attached hydrogens (tertiary/aromatic N) is 2. The van der Waals surface area contributed by atoms with Crippen molar-refractivity contribution in [3.05, 3.63) is 16.6 Å². The summed E-state index contributed by atoms with van der Waals surface area (Å²) in [6, 6.07) is 1.71. The Labute approximate surface area is 142 Å². The van der Waals surface area contributed by atoms with Gasteiger partial charge in [0, 0.05) is 49.6 Å². The number of aryl methyl sites for hydroxylation is 1. The normalized spacial score (nSPS) is 26.6. The molecular weight excluding hydrogens is 329 g/mol. The number of carbonyl (C=O) groups excluding carboxylic acids is 1. The highest BCUT2D eigenvalue weighted by Crippen LogP contribution is 2.29. The van der Waals surface area contributed by atoms with Crippen molar-refractivity contribution >= 4 is 42.1 Å². The number of aromatic nitrogens is 1. The Morgan fingerprint density at radius 2 is 2.05 bits per heavy atom. The molecule has 2 unspecified atom stereocenters. The van der Waals surface area contributed by atoms with Crippen LogP contribution in [0.15, 0.2) is 11.6 Å². The lowest BCUT2D eigenvalue weighted by Gasteiger charge is -2.35. The summed E-state index contributed by atoms with van der Waals surface area (Å²) < 4.78 is 0. The lowest BCUT2D eigenvalue weighted by molar-refractivity contribution is -0.132. The largest absolute Gasteiger partial charge is 0.343 e. The van der Waals surface area contributed by atoms with E-state index in [1.54, 1.807) is 17.5 Å². The second-order valence-corrected chi connectivity index (χ2v) is 6.67. The predicted molar refractivity (Wildman–Crippen MR) is 90.7 cm³/mol. The Kier molecular flexibility index (Phi) is 7.40. The first-order valence-electron chi connectivity index (χ1n) is 7.12. The molecule has 7 heteroatoms. The Bertz CT molecular complexity index is 431. The third-order valence-corrected chi connectivity index (χ3v) is 5.26. The predicted octanol–water partition coefficient (Wildman–Crippen LogP) is 2.66. The number of amides is 1. The summed E-state index contributed by atoms with van der Waals surface area (Å²) in [7, 11) is 1.97. The van der Waals surface area contributed by atoms with Crippen molar-refractivity contribution in [2.24, 2.45) is 0 Å². The standard InChI is InChI=1S/C14H21N3OS.2ClH/c1-17(12-8-10-2-3-11(9-12)16-10)14(18)5-4-13-15-6-7-19-13;;/h6-7,10-12,16H,2-5,8-9H2,1H3;2*1H. The van der Waals surface area contributed by atoms with E-state index in [9.17, 15) is 4.79 Å². The van der Waals surface area contributed by atoms with Crippen LogP contribution < -0.4 is 5.32 Å². The monoisotopic (exact) mass is 351 g/mol. The van der Waals surface area contributed by atoms with Crippen molar-refractivity contribution in [2.45, 2.75) is 56.7 Å². The highest BCUT2D eigenvalue weighted by Gasteiger charge is 2.36. The van der Waals surface area contributed by atoms with E-state index in [1.807, 2.05) is 17.3 Å². The quantitative estimate of drug-likeness (QED) is 0.906. The number of hydrogen-bond donors (Lipinski definition) is 1. The van der Waals surface area contributed by atoms with Gasteiger partial charge in [-0.2, -0.15) is 0 Å². The number of halogens is 2. The fourth-order valence-corrected chi connectivity index (χ4v) is 3.93. The Balaban J connectivity index is 0.00000110. The third-order valence-electron chi connectivity index (χ3n) is 4.43. The average molecular weight is 352 g/mol. The van der Waals surface area contributed by atoms with E-state index < -0.39 is 0 Å². The maximum atomic E-state index is 12.3. The Hall–Kier alpha value is -0.360. The van der Waals surface area contributed by atoms with Gasteiger partial charge < -0.3 is 10.2 Å². The number of carbonyl (C=O) groups is 1. The summed E-state index contributed by atoms with van der Waals surface area (Å²) in [5.74, 6) is 0.265. The molecule has 0 aliphatic carbocycles. The van der Waals surface area contributed by atoms with Gasteiger partial charge in [0.25, 0.3) is 0 Å². The van der Waals surface area contributed by atoms with Crippen LogP contribution in [0, 0.1) is 0 Å². The minimum atomic E-state index is 0. The zero-order valence-corrected chi connectivity index (χ0v) is 14.6. The number of hydrogen-bond acceptors (Lipinski definition) is 4. The van der Waals surface area contributed by atoms with Gasteiger partial charge in [-0.15, -0.1) is 36.2 Å². The zero-order valence-electron chi connectivity index (χ0n) is 12.2. The van der Waals surface area contributed by atoms with Crippen molar-refractivity contribution in [3.8, 4) is 0 Å². The molecule has 2 aliphatic rings. The van der Waals surface area contributed by atoms with Gasteiger partial charge in [-0.25, -0.2) is 4.98 Å². The summed E-state index contributed by atoms with van der Waals surface area (Å²) >= 11 is 1.63. The lowest BCUT2D eigenvalue weighted by atomic mass is 9.98. The molecule has 0 spiro atoms. The molecule has 0 radical (unpaired) electrons. The number of piperidine rings is 1. The van der Waals surface area contributed by atoms with Gasteiger partial charge in [0.1, 0.15) is 0 Å². The number of thiazole rings is 1. The molecule has 0 aromatic carbocycles. The minimum absolute atomic E-state index is 0. The highest BCUT2D eigenvalue weighted by molar-refractivity contribution is 7.09. The van der Waals surface area contributed by atoms with E-state index in [-0.39, 0.29) is 30.7 Å². The van der Waals surface area contributed by atoms with Crippen molar-refractivity contribution in [3.63, 3.8) is 0 Å². The summed E-state index contributed by atoms with van der Waals surface area (Å²) in [6.45, 7) is 0. The first-order chi connectivity index (χ1) is 9.22. The maximum Gasteiger partial charge on any atom is 0.222 e. The van der Waals surface area contributed by atoms with Gasteiger partial charge in [0.15, 0.2) is 0 Å².